The van der Waals surface area contributed by atoms with Gasteiger partial charge in [0.2, 0.25) is 0 Å². The predicted octanol–water partition coefficient (Wildman–Crippen LogP) is 5.12. The summed E-state index contributed by atoms with van der Waals surface area (Å²) in [7, 11) is -2.45. The molecule has 0 fully saturated rings. The van der Waals surface area contributed by atoms with Crippen molar-refractivity contribution in [2.45, 2.75) is 9.79 Å². The Morgan fingerprint density at radius 3 is 2.37 bits per heavy atom. The van der Waals surface area contributed by atoms with E-state index in [1.54, 1.807) is 36.4 Å². The van der Waals surface area contributed by atoms with E-state index in [2.05, 4.69) is 10.0 Å². The number of carbonyl (C=O) groups excluding carboxylic acids is 1. The van der Waals surface area contributed by atoms with Gasteiger partial charge in [-0.05, 0) is 60.9 Å². The van der Waals surface area contributed by atoms with Crippen molar-refractivity contribution >= 4 is 50.7 Å². The van der Waals surface area contributed by atoms with E-state index in [1.807, 2.05) is 18.4 Å². The molecule has 3 rings (SSSR count). The molecule has 0 radical (unpaired) electrons. The van der Waals surface area contributed by atoms with Crippen LogP contribution in [0.25, 0.3) is 0 Å². The van der Waals surface area contributed by atoms with E-state index < -0.39 is 15.9 Å². The van der Waals surface area contributed by atoms with E-state index >= 15 is 0 Å². The molecule has 3 aromatic carbocycles. The topological polar surface area (TPSA) is 84.5 Å². The van der Waals surface area contributed by atoms with Gasteiger partial charge in [0, 0.05) is 15.5 Å². The highest BCUT2D eigenvalue weighted by molar-refractivity contribution is 7.99. The number of anilines is 2. The molecule has 9 heteroatoms. The summed E-state index contributed by atoms with van der Waals surface area (Å²) >= 11 is 7.29. The van der Waals surface area contributed by atoms with Crippen LogP contribution in [-0.4, -0.2) is 27.7 Å². The van der Waals surface area contributed by atoms with Gasteiger partial charge in [0.1, 0.15) is 5.75 Å². The zero-order chi connectivity index (χ0) is 21.7. The van der Waals surface area contributed by atoms with Gasteiger partial charge in [-0.3, -0.25) is 9.52 Å². The quantitative estimate of drug-likeness (QED) is 0.476. The van der Waals surface area contributed by atoms with E-state index in [0.29, 0.717) is 22.0 Å². The molecule has 156 valence electrons. The van der Waals surface area contributed by atoms with Crippen molar-refractivity contribution in [3.05, 3.63) is 77.3 Å². The van der Waals surface area contributed by atoms with Crippen LogP contribution in [0.1, 0.15) is 10.4 Å². The number of halogens is 1. The monoisotopic (exact) mass is 462 g/mol. The van der Waals surface area contributed by atoms with Crippen LogP contribution in [0, 0.1) is 0 Å². The summed E-state index contributed by atoms with van der Waals surface area (Å²) in [5, 5.41) is 3.20. The molecule has 0 bridgehead atoms. The molecule has 0 spiro atoms. The van der Waals surface area contributed by atoms with E-state index in [9.17, 15) is 13.2 Å². The van der Waals surface area contributed by atoms with Crippen molar-refractivity contribution in [3.8, 4) is 5.75 Å². The second kappa shape index (κ2) is 9.42. The molecule has 0 aliphatic carbocycles. The number of methoxy groups -OCH3 is 1. The van der Waals surface area contributed by atoms with Crippen molar-refractivity contribution in [1.29, 1.82) is 0 Å². The van der Waals surface area contributed by atoms with Crippen molar-refractivity contribution in [3.63, 3.8) is 0 Å². The van der Waals surface area contributed by atoms with Gasteiger partial charge in [-0.2, -0.15) is 0 Å². The molecule has 30 heavy (non-hydrogen) atoms. The van der Waals surface area contributed by atoms with Crippen molar-refractivity contribution in [2.75, 3.05) is 23.4 Å². The van der Waals surface area contributed by atoms with Crippen LogP contribution in [0.2, 0.25) is 5.02 Å². The molecule has 0 atom stereocenters. The summed E-state index contributed by atoms with van der Waals surface area (Å²) < 4.78 is 33.7. The number of hydrogen-bond donors (Lipinski definition) is 2. The Hall–Kier alpha value is -2.68. The third kappa shape index (κ3) is 5.08. The molecule has 0 unspecified atom stereocenters. The maximum atomic E-state index is 12.9. The predicted molar refractivity (Wildman–Crippen MR) is 121 cm³/mol. The number of carbonyl (C=O) groups is 1. The number of hydrogen-bond acceptors (Lipinski definition) is 5. The molecular formula is C21H19ClN2O4S2. The second-order valence-corrected chi connectivity index (χ2v) is 9.10. The summed E-state index contributed by atoms with van der Waals surface area (Å²) in [6, 6.07) is 17.7. The molecule has 2 N–H and O–H groups in total. The van der Waals surface area contributed by atoms with Crippen LogP contribution in [0.3, 0.4) is 0 Å². The Morgan fingerprint density at radius 2 is 1.70 bits per heavy atom. The molecule has 0 aromatic heterocycles. The molecule has 6 nitrogen and oxygen atoms in total. The Bertz CT molecular complexity index is 1170. The molecule has 0 aliphatic heterocycles. The lowest BCUT2D eigenvalue weighted by Crippen LogP contribution is -2.16. The molecule has 0 saturated heterocycles. The lowest BCUT2D eigenvalue weighted by molar-refractivity contribution is 0.102. The fourth-order valence-corrected chi connectivity index (χ4v) is 4.53. The molecule has 1 amide bonds. The minimum Gasteiger partial charge on any atom is -0.495 e. The number of nitrogens with one attached hydrogen (secondary N) is 2. The zero-order valence-corrected chi connectivity index (χ0v) is 18.6. The highest BCUT2D eigenvalue weighted by Crippen LogP contribution is 2.31. The number of rotatable bonds is 7. The Morgan fingerprint density at radius 1 is 1.00 bits per heavy atom. The first kappa shape index (κ1) is 22.0. The smallest absolute Gasteiger partial charge is 0.262 e. The van der Waals surface area contributed by atoms with Crippen LogP contribution in [-0.2, 0) is 10.0 Å². The maximum Gasteiger partial charge on any atom is 0.262 e. The Balaban J connectivity index is 1.91. The lowest BCUT2D eigenvalue weighted by atomic mass is 10.2. The zero-order valence-electron chi connectivity index (χ0n) is 16.2. The van der Waals surface area contributed by atoms with Crippen LogP contribution in [0.15, 0.2) is 76.5 Å². The van der Waals surface area contributed by atoms with E-state index in [0.717, 1.165) is 4.90 Å². The second-order valence-electron chi connectivity index (χ2n) is 6.13. The highest BCUT2D eigenvalue weighted by Gasteiger charge is 2.19. The minimum absolute atomic E-state index is 0.00869. The third-order valence-electron chi connectivity index (χ3n) is 4.19. The van der Waals surface area contributed by atoms with E-state index in [1.165, 1.54) is 37.1 Å². The number of ether oxygens (including phenoxy) is 1. The largest absolute Gasteiger partial charge is 0.495 e. The average Bonchev–Trinajstić information content (AvgIpc) is 2.74. The van der Waals surface area contributed by atoms with Crippen LogP contribution < -0.4 is 14.8 Å². The maximum absolute atomic E-state index is 12.9. The summed E-state index contributed by atoms with van der Waals surface area (Å²) in [5.41, 5.74) is 1.09. The Labute approximate surface area is 184 Å². The molecule has 0 aliphatic rings. The van der Waals surface area contributed by atoms with Gasteiger partial charge in [0.15, 0.2) is 0 Å². The number of para-hydroxylation sites is 1. The van der Waals surface area contributed by atoms with Gasteiger partial charge < -0.3 is 10.1 Å². The van der Waals surface area contributed by atoms with Gasteiger partial charge in [-0.25, -0.2) is 8.42 Å². The summed E-state index contributed by atoms with van der Waals surface area (Å²) in [5.74, 6) is -0.0824. The van der Waals surface area contributed by atoms with Crippen molar-refractivity contribution in [2.24, 2.45) is 0 Å². The summed E-state index contributed by atoms with van der Waals surface area (Å²) in [6.45, 7) is 0. The van der Waals surface area contributed by atoms with Gasteiger partial charge >= 0.3 is 0 Å². The van der Waals surface area contributed by atoms with Gasteiger partial charge in [0.25, 0.3) is 15.9 Å². The number of sulfonamides is 1. The molecular weight excluding hydrogens is 444 g/mol. The van der Waals surface area contributed by atoms with Crippen LogP contribution >= 0.6 is 23.4 Å². The fraction of sp³-hybridized carbons (Fsp3) is 0.0952. The molecule has 0 heterocycles. The number of benzene rings is 3. The SMILES string of the molecule is COc1ccc(S(=O)(=O)Nc2ccccc2SC)cc1NC(=O)c1ccc(Cl)cc1. The van der Waals surface area contributed by atoms with Crippen molar-refractivity contribution in [1.82, 2.24) is 0 Å². The van der Waals surface area contributed by atoms with Crippen LogP contribution in [0.4, 0.5) is 11.4 Å². The Kier molecular flexibility index (Phi) is 6.91. The number of thioether (sulfide) groups is 1. The van der Waals surface area contributed by atoms with E-state index in [-0.39, 0.29) is 10.6 Å². The highest BCUT2D eigenvalue weighted by atomic mass is 35.5. The average molecular weight is 463 g/mol. The minimum atomic E-state index is -3.89. The normalized spacial score (nSPS) is 11.0. The van der Waals surface area contributed by atoms with Gasteiger partial charge in [-0.1, -0.05) is 23.7 Å². The first-order valence-corrected chi connectivity index (χ1v) is 11.8. The standard InChI is InChI=1S/C21H19ClN2O4S2/c1-28-19-12-11-16(30(26,27)24-17-5-3-4-6-20(17)29-2)13-18(19)23-21(25)14-7-9-15(22)10-8-14/h3-13,24H,1-2H3,(H,23,25). The van der Waals surface area contributed by atoms with Gasteiger partial charge in [0.05, 0.1) is 23.4 Å². The first-order chi connectivity index (χ1) is 14.3. The third-order valence-corrected chi connectivity index (χ3v) is 6.60. The summed E-state index contributed by atoms with van der Waals surface area (Å²) in [6.07, 6.45) is 1.87. The van der Waals surface area contributed by atoms with Gasteiger partial charge in [-0.15, -0.1) is 11.8 Å². The molecule has 0 saturated carbocycles. The lowest BCUT2D eigenvalue weighted by Gasteiger charge is -2.14. The number of amides is 1. The van der Waals surface area contributed by atoms with E-state index in [4.69, 9.17) is 16.3 Å². The molecule has 3 aromatic rings. The summed E-state index contributed by atoms with van der Waals surface area (Å²) in [4.78, 5) is 13.3. The first-order valence-electron chi connectivity index (χ1n) is 8.75. The van der Waals surface area contributed by atoms with Crippen molar-refractivity contribution < 1.29 is 17.9 Å². The fourth-order valence-electron chi connectivity index (χ4n) is 2.68. The van der Waals surface area contributed by atoms with Crippen LogP contribution in [0.5, 0.6) is 5.75 Å².